The highest BCUT2D eigenvalue weighted by atomic mass is 16.6. The zero-order valence-corrected chi connectivity index (χ0v) is 16.9. The second-order valence-electron chi connectivity index (χ2n) is 7.59. The summed E-state index contributed by atoms with van der Waals surface area (Å²) in [6.07, 6.45) is -1.18. The first-order valence-electron chi connectivity index (χ1n) is 10.3. The van der Waals surface area contributed by atoms with Crippen molar-refractivity contribution in [3.8, 4) is 11.1 Å². The van der Waals surface area contributed by atoms with Gasteiger partial charge in [-0.15, -0.1) is 0 Å². The van der Waals surface area contributed by atoms with Crippen LogP contribution in [0.2, 0.25) is 0 Å². The van der Waals surface area contributed by atoms with E-state index in [9.17, 15) is 14.4 Å². The summed E-state index contributed by atoms with van der Waals surface area (Å²) in [6, 6.07) is 15.6. The van der Waals surface area contributed by atoms with Crippen LogP contribution in [0.5, 0.6) is 0 Å². The molecule has 0 bridgehead atoms. The van der Waals surface area contributed by atoms with Gasteiger partial charge in [0.1, 0.15) is 6.61 Å². The van der Waals surface area contributed by atoms with Crippen LogP contribution in [-0.2, 0) is 19.1 Å². The molecule has 1 heterocycles. The summed E-state index contributed by atoms with van der Waals surface area (Å²) >= 11 is 0. The number of nitrogens with one attached hydrogen (secondary N) is 2. The Hall–Kier alpha value is -3.39. The number of carboxylic acids is 1. The molecule has 1 aliphatic carbocycles. The monoisotopic (exact) mass is 424 g/mol. The first-order chi connectivity index (χ1) is 15.0. The van der Waals surface area contributed by atoms with Crippen LogP contribution in [0.3, 0.4) is 0 Å². The SMILES string of the molecule is O=C(O)CCNC(=O)[C@H]1OCC[C@H]1NC(=O)OCC1c2ccccc2-c2ccccc21. The lowest BCUT2D eigenvalue weighted by Crippen LogP contribution is -2.48. The lowest BCUT2D eigenvalue weighted by molar-refractivity contribution is -0.137. The Kier molecular flexibility index (Phi) is 6.18. The number of benzene rings is 2. The number of alkyl carbamates (subject to hydrolysis) is 1. The molecule has 4 rings (SSSR count). The van der Waals surface area contributed by atoms with Crippen molar-refractivity contribution < 1.29 is 29.0 Å². The van der Waals surface area contributed by atoms with Crippen molar-refractivity contribution in [2.75, 3.05) is 19.8 Å². The molecule has 8 nitrogen and oxygen atoms in total. The van der Waals surface area contributed by atoms with Gasteiger partial charge in [-0.1, -0.05) is 48.5 Å². The van der Waals surface area contributed by atoms with Crippen LogP contribution in [0.4, 0.5) is 4.79 Å². The fourth-order valence-corrected chi connectivity index (χ4v) is 4.18. The largest absolute Gasteiger partial charge is 0.481 e. The molecule has 0 saturated carbocycles. The lowest BCUT2D eigenvalue weighted by atomic mass is 9.98. The number of carbonyl (C=O) groups excluding carboxylic acids is 2. The molecule has 2 aromatic carbocycles. The topological polar surface area (TPSA) is 114 Å². The van der Waals surface area contributed by atoms with Crippen LogP contribution in [0.15, 0.2) is 48.5 Å². The molecular formula is C23H24N2O6. The predicted molar refractivity (Wildman–Crippen MR) is 112 cm³/mol. The smallest absolute Gasteiger partial charge is 0.407 e. The van der Waals surface area contributed by atoms with E-state index >= 15 is 0 Å². The number of carbonyl (C=O) groups is 3. The van der Waals surface area contributed by atoms with E-state index in [1.54, 1.807) is 0 Å². The fraction of sp³-hybridized carbons (Fsp3) is 0.348. The molecule has 2 amide bonds. The highest BCUT2D eigenvalue weighted by Gasteiger charge is 2.36. The van der Waals surface area contributed by atoms with E-state index in [2.05, 4.69) is 22.8 Å². The minimum Gasteiger partial charge on any atom is -0.481 e. The quantitative estimate of drug-likeness (QED) is 0.628. The Labute approximate surface area is 179 Å². The summed E-state index contributed by atoms with van der Waals surface area (Å²) in [4.78, 5) is 35.3. The number of ether oxygens (including phenoxy) is 2. The van der Waals surface area contributed by atoms with Gasteiger partial charge in [-0.2, -0.15) is 0 Å². The van der Waals surface area contributed by atoms with E-state index in [-0.39, 0.29) is 25.5 Å². The number of fused-ring (bicyclic) bond motifs is 3. The Morgan fingerprint density at radius 3 is 2.32 bits per heavy atom. The molecular weight excluding hydrogens is 400 g/mol. The molecule has 0 radical (unpaired) electrons. The van der Waals surface area contributed by atoms with Gasteiger partial charge in [0.05, 0.1) is 12.5 Å². The maximum atomic E-state index is 12.5. The summed E-state index contributed by atoms with van der Waals surface area (Å²) in [5, 5.41) is 13.9. The van der Waals surface area contributed by atoms with Gasteiger partial charge < -0.3 is 25.2 Å². The van der Waals surface area contributed by atoms with E-state index in [1.165, 1.54) is 0 Å². The van der Waals surface area contributed by atoms with Gasteiger partial charge in [0.15, 0.2) is 6.10 Å². The molecule has 162 valence electrons. The van der Waals surface area contributed by atoms with E-state index < -0.39 is 30.1 Å². The van der Waals surface area contributed by atoms with Crippen LogP contribution >= 0.6 is 0 Å². The third-order valence-corrected chi connectivity index (χ3v) is 5.64. The Bertz CT molecular complexity index is 946. The highest BCUT2D eigenvalue weighted by Crippen LogP contribution is 2.44. The van der Waals surface area contributed by atoms with Crippen LogP contribution in [0, 0.1) is 0 Å². The maximum Gasteiger partial charge on any atom is 0.407 e. The molecule has 1 aliphatic heterocycles. The molecule has 0 aromatic heterocycles. The zero-order chi connectivity index (χ0) is 21.8. The summed E-state index contributed by atoms with van der Waals surface area (Å²) in [6.45, 7) is 0.514. The third kappa shape index (κ3) is 4.54. The standard InChI is InChI=1S/C23H24N2O6/c26-20(27)9-11-24-22(28)21-19(10-12-30-21)25-23(29)31-13-18-16-7-3-1-5-14(16)15-6-2-4-8-17(15)18/h1-8,18-19,21H,9-13H2,(H,24,28)(H,25,29)(H,26,27)/t19-,21+/m1/s1. The number of carboxylic acid groups (broad SMARTS) is 1. The summed E-state index contributed by atoms with van der Waals surface area (Å²) in [5.74, 6) is -1.49. The number of rotatable bonds is 7. The lowest BCUT2D eigenvalue weighted by Gasteiger charge is -2.20. The van der Waals surface area contributed by atoms with E-state index in [1.807, 2.05) is 36.4 Å². The second kappa shape index (κ2) is 9.18. The molecule has 2 atom stereocenters. The van der Waals surface area contributed by atoms with Crippen molar-refractivity contribution in [1.29, 1.82) is 0 Å². The number of hydrogen-bond donors (Lipinski definition) is 3. The van der Waals surface area contributed by atoms with Crippen molar-refractivity contribution in [2.45, 2.75) is 30.9 Å². The zero-order valence-electron chi connectivity index (χ0n) is 16.9. The normalized spacial score (nSPS) is 19.4. The van der Waals surface area contributed by atoms with Crippen molar-refractivity contribution in [1.82, 2.24) is 10.6 Å². The average molecular weight is 424 g/mol. The highest BCUT2D eigenvalue weighted by molar-refractivity contribution is 5.83. The van der Waals surface area contributed by atoms with Gasteiger partial charge in [0.2, 0.25) is 0 Å². The third-order valence-electron chi connectivity index (χ3n) is 5.64. The van der Waals surface area contributed by atoms with E-state index in [0.717, 1.165) is 22.3 Å². The second-order valence-corrected chi connectivity index (χ2v) is 7.59. The molecule has 31 heavy (non-hydrogen) atoms. The van der Waals surface area contributed by atoms with Gasteiger partial charge in [0.25, 0.3) is 5.91 Å². The molecule has 2 aromatic rings. The van der Waals surface area contributed by atoms with Crippen molar-refractivity contribution in [3.05, 3.63) is 59.7 Å². The molecule has 1 fully saturated rings. The summed E-state index contributed by atoms with van der Waals surface area (Å²) in [5.41, 5.74) is 4.54. The molecule has 0 unspecified atom stereocenters. The Morgan fingerprint density at radius 2 is 1.68 bits per heavy atom. The van der Waals surface area contributed by atoms with Crippen LogP contribution in [0.25, 0.3) is 11.1 Å². The van der Waals surface area contributed by atoms with Crippen LogP contribution in [-0.4, -0.2) is 55.0 Å². The van der Waals surface area contributed by atoms with Crippen molar-refractivity contribution in [3.63, 3.8) is 0 Å². The van der Waals surface area contributed by atoms with Gasteiger partial charge >= 0.3 is 12.1 Å². The van der Waals surface area contributed by atoms with Gasteiger partial charge in [-0.3, -0.25) is 9.59 Å². The van der Waals surface area contributed by atoms with Crippen LogP contribution < -0.4 is 10.6 Å². The Balaban J connectivity index is 1.34. The summed E-state index contributed by atoms with van der Waals surface area (Å²) in [7, 11) is 0. The fourth-order valence-electron chi connectivity index (χ4n) is 4.18. The molecule has 2 aliphatic rings. The first kappa shape index (κ1) is 20.9. The molecule has 8 heteroatoms. The molecule has 0 spiro atoms. The van der Waals surface area contributed by atoms with Crippen molar-refractivity contribution in [2.24, 2.45) is 0 Å². The molecule has 3 N–H and O–H groups in total. The van der Waals surface area contributed by atoms with Gasteiger partial charge in [-0.05, 0) is 28.7 Å². The van der Waals surface area contributed by atoms with E-state index in [0.29, 0.717) is 13.0 Å². The number of aliphatic carboxylic acids is 1. The maximum absolute atomic E-state index is 12.5. The van der Waals surface area contributed by atoms with Gasteiger partial charge in [-0.25, -0.2) is 4.79 Å². The number of amides is 2. The van der Waals surface area contributed by atoms with Crippen molar-refractivity contribution >= 4 is 18.0 Å². The average Bonchev–Trinajstić information content (AvgIpc) is 3.34. The van der Waals surface area contributed by atoms with E-state index in [4.69, 9.17) is 14.6 Å². The molecule has 1 saturated heterocycles. The predicted octanol–water partition coefficient (Wildman–Crippen LogP) is 2.27. The minimum absolute atomic E-state index is 0.00565. The summed E-state index contributed by atoms with van der Waals surface area (Å²) < 4.78 is 11.0. The first-order valence-corrected chi connectivity index (χ1v) is 10.3. The van der Waals surface area contributed by atoms with Gasteiger partial charge in [0, 0.05) is 19.1 Å². The Morgan fingerprint density at radius 1 is 1.03 bits per heavy atom. The van der Waals surface area contributed by atoms with Crippen LogP contribution in [0.1, 0.15) is 29.9 Å². The minimum atomic E-state index is -0.999. The number of hydrogen-bond acceptors (Lipinski definition) is 5.